The van der Waals surface area contributed by atoms with Crippen LogP contribution < -0.4 is 10.6 Å². The molecule has 1 saturated carbocycles. The number of rotatable bonds is 2. The molecule has 1 aliphatic carbocycles. The molecule has 17 heavy (non-hydrogen) atoms. The minimum Gasteiger partial charge on any atom is -0.360 e. The lowest BCUT2D eigenvalue weighted by atomic mass is 10.2. The van der Waals surface area contributed by atoms with Crippen molar-refractivity contribution in [2.75, 3.05) is 5.32 Å². The summed E-state index contributed by atoms with van der Waals surface area (Å²) in [7, 11) is 0. The number of hydrogen-bond acceptors (Lipinski definition) is 1. The van der Waals surface area contributed by atoms with Crippen LogP contribution in [0.15, 0.2) is 18.2 Å². The van der Waals surface area contributed by atoms with E-state index in [2.05, 4.69) is 10.6 Å². The summed E-state index contributed by atoms with van der Waals surface area (Å²) in [6.07, 6.45) is 4.71. The van der Waals surface area contributed by atoms with Crippen molar-refractivity contribution >= 4 is 34.6 Å². The van der Waals surface area contributed by atoms with Gasteiger partial charge in [0.2, 0.25) is 0 Å². The zero-order valence-corrected chi connectivity index (χ0v) is 10.9. The Kier molecular flexibility index (Phi) is 4.18. The van der Waals surface area contributed by atoms with Gasteiger partial charge < -0.3 is 10.6 Å². The maximum Gasteiger partial charge on any atom is 0.171 e. The average Bonchev–Trinajstić information content (AvgIpc) is 2.76. The minimum absolute atomic E-state index is 0.313. The number of benzene rings is 1. The Morgan fingerprint density at radius 2 is 2.06 bits per heavy atom. The Labute approximate surface area is 111 Å². The van der Waals surface area contributed by atoms with E-state index >= 15 is 0 Å². The fourth-order valence-electron chi connectivity index (χ4n) is 2.01. The third-order valence-electron chi connectivity index (χ3n) is 2.87. The lowest BCUT2D eigenvalue weighted by Gasteiger charge is -2.16. The molecule has 5 heteroatoms. The van der Waals surface area contributed by atoms with E-state index in [4.69, 9.17) is 23.8 Å². The molecule has 92 valence electrons. The van der Waals surface area contributed by atoms with Crippen molar-refractivity contribution in [2.24, 2.45) is 0 Å². The summed E-state index contributed by atoms with van der Waals surface area (Å²) in [5, 5.41) is 6.96. The average molecular weight is 273 g/mol. The van der Waals surface area contributed by atoms with Crippen molar-refractivity contribution in [1.82, 2.24) is 5.32 Å². The van der Waals surface area contributed by atoms with E-state index in [0.29, 0.717) is 21.9 Å². The highest BCUT2D eigenvalue weighted by Gasteiger charge is 2.15. The van der Waals surface area contributed by atoms with Gasteiger partial charge in [0.15, 0.2) is 5.11 Å². The summed E-state index contributed by atoms with van der Waals surface area (Å²) >= 11 is 10.9. The van der Waals surface area contributed by atoms with Gasteiger partial charge in [-0.1, -0.05) is 24.4 Å². The number of thiocarbonyl (C=S) groups is 1. The lowest BCUT2D eigenvalue weighted by Crippen LogP contribution is -2.36. The second kappa shape index (κ2) is 5.65. The Morgan fingerprint density at radius 1 is 1.35 bits per heavy atom. The fraction of sp³-hybridized carbons (Fsp3) is 0.417. The van der Waals surface area contributed by atoms with Gasteiger partial charge in [-0.25, -0.2) is 4.39 Å². The summed E-state index contributed by atoms with van der Waals surface area (Å²) < 4.78 is 13.4. The van der Waals surface area contributed by atoms with Crippen molar-refractivity contribution in [3.63, 3.8) is 0 Å². The molecule has 2 N–H and O–H groups in total. The van der Waals surface area contributed by atoms with Gasteiger partial charge in [0.25, 0.3) is 0 Å². The molecule has 0 unspecified atom stereocenters. The minimum atomic E-state index is -0.357. The summed E-state index contributed by atoms with van der Waals surface area (Å²) in [6, 6.07) is 4.77. The first-order valence-corrected chi connectivity index (χ1v) is 6.46. The molecule has 2 rings (SSSR count). The Morgan fingerprint density at radius 3 is 2.76 bits per heavy atom. The monoisotopic (exact) mass is 272 g/mol. The molecule has 1 aromatic rings. The van der Waals surface area contributed by atoms with Crippen LogP contribution in [0.5, 0.6) is 0 Å². The van der Waals surface area contributed by atoms with Crippen molar-refractivity contribution in [3.8, 4) is 0 Å². The summed E-state index contributed by atoms with van der Waals surface area (Å²) in [4.78, 5) is 0. The van der Waals surface area contributed by atoms with Crippen LogP contribution in [0.4, 0.5) is 10.1 Å². The van der Waals surface area contributed by atoms with E-state index in [1.165, 1.54) is 31.0 Å². The summed E-state index contributed by atoms with van der Waals surface area (Å²) in [6.45, 7) is 0. The van der Waals surface area contributed by atoms with E-state index < -0.39 is 0 Å². The lowest BCUT2D eigenvalue weighted by molar-refractivity contribution is 0.626. The molecule has 0 aliphatic heterocycles. The molecule has 1 aromatic carbocycles. The molecular formula is C12H14ClFN2S. The zero-order chi connectivity index (χ0) is 12.3. The van der Waals surface area contributed by atoms with Crippen LogP contribution in [-0.2, 0) is 0 Å². The normalized spacial score (nSPS) is 15.9. The molecule has 0 spiro atoms. The molecule has 2 nitrogen and oxygen atoms in total. The van der Waals surface area contributed by atoms with Crippen molar-refractivity contribution in [3.05, 3.63) is 29.0 Å². The highest BCUT2D eigenvalue weighted by molar-refractivity contribution is 7.80. The second-order valence-corrected chi connectivity index (χ2v) is 5.05. The van der Waals surface area contributed by atoms with Crippen LogP contribution in [0.25, 0.3) is 0 Å². The molecule has 0 radical (unpaired) electrons. The number of hydrogen-bond donors (Lipinski definition) is 2. The van der Waals surface area contributed by atoms with E-state index in [-0.39, 0.29) is 5.82 Å². The first-order chi connectivity index (χ1) is 8.15. The van der Waals surface area contributed by atoms with Gasteiger partial charge >= 0.3 is 0 Å². The first kappa shape index (κ1) is 12.6. The highest BCUT2D eigenvalue weighted by Crippen LogP contribution is 2.20. The predicted molar refractivity (Wildman–Crippen MR) is 73.0 cm³/mol. The maximum absolute atomic E-state index is 13.4. The molecular weight excluding hydrogens is 259 g/mol. The first-order valence-electron chi connectivity index (χ1n) is 5.68. The van der Waals surface area contributed by atoms with Crippen molar-refractivity contribution in [1.29, 1.82) is 0 Å². The van der Waals surface area contributed by atoms with Gasteiger partial charge in [-0.2, -0.15) is 0 Å². The molecule has 0 amide bonds. The molecule has 0 atom stereocenters. The van der Waals surface area contributed by atoms with Gasteiger partial charge in [0.05, 0.1) is 5.69 Å². The Hall–Kier alpha value is -0.870. The van der Waals surface area contributed by atoms with Gasteiger partial charge in [-0.15, -0.1) is 0 Å². The molecule has 0 bridgehead atoms. The van der Waals surface area contributed by atoms with Crippen LogP contribution in [0.1, 0.15) is 25.7 Å². The Balaban J connectivity index is 1.95. The van der Waals surface area contributed by atoms with Gasteiger partial charge in [-0.05, 0) is 43.3 Å². The van der Waals surface area contributed by atoms with Gasteiger partial charge in [0.1, 0.15) is 5.82 Å². The van der Waals surface area contributed by atoms with E-state index in [1.807, 2.05) is 0 Å². The molecule has 0 aromatic heterocycles. The van der Waals surface area contributed by atoms with Crippen LogP contribution in [0.2, 0.25) is 5.02 Å². The third kappa shape index (κ3) is 3.54. The topological polar surface area (TPSA) is 24.1 Å². The smallest absolute Gasteiger partial charge is 0.171 e. The van der Waals surface area contributed by atoms with Crippen LogP contribution in [0.3, 0.4) is 0 Å². The van der Waals surface area contributed by atoms with Gasteiger partial charge in [0, 0.05) is 11.1 Å². The fourth-order valence-corrected chi connectivity index (χ4v) is 2.46. The van der Waals surface area contributed by atoms with E-state index in [1.54, 1.807) is 0 Å². The zero-order valence-electron chi connectivity index (χ0n) is 9.30. The molecule has 1 fully saturated rings. The van der Waals surface area contributed by atoms with Crippen LogP contribution in [-0.4, -0.2) is 11.2 Å². The Bertz CT molecular complexity index is 419. The predicted octanol–water partition coefficient (Wildman–Crippen LogP) is 3.71. The quantitative estimate of drug-likeness (QED) is 0.803. The summed E-state index contributed by atoms with van der Waals surface area (Å²) in [5.41, 5.74) is 0.313. The molecule has 0 saturated heterocycles. The number of halogens is 2. The standard InChI is InChI=1S/C12H14ClFN2S/c13-8-5-6-10(14)11(7-8)16-12(17)15-9-3-1-2-4-9/h5-7,9H,1-4H2,(H2,15,16,17). The van der Waals surface area contributed by atoms with E-state index in [9.17, 15) is 4.39 Å². The second-order valence-electron chi connectivity index (χ2n) is 4.20. The summed E-state index contributed by atoms with van der Waals surface area (Å²) in [5.74, 6) is -0.357. The van der Waals surface area contributed by atoms with Gasteiger partial charge in [-0.3, -0.25) is 0 Å². The van der Waals surface area contributed by atoms with Crippen molar-refractivity contribution in [2.45, 2.75) is 31.7 Å². The SMILES string of the molecule is Fc1ccc(Cl)cc1NC(=S)NC1CCCC1. The molecule has 1 aliphatic rings. The number of anilines is 1. The van der Waals surface area contributed by atoms with Crippen LogP contribution in [0, 0.1) is 5.82 Å². The maximum atomic E-state index is 13.4. The van der Waals surface area contributed by atoms with Crippen LogP contribution >= 0.6 is 23.8 Å². The molecule has 0 heterocycles. The third-order valence-corrected chi connectivity index (χ3v) is 3.32. The highest BCUT2D eigenvalue weighted by atomic mass is 35.5. The van der Waals surface area contributed by atoms with Crippen molar-refractivity contribution < 1.29 is 4.39 Å². The number of nitrogens with one attached hydrogen (secondary N) is 2. The largest absolute Gasteiger partial charge is 0.360 e. The van der Waals surface area contributed by atoms with E-state index in [0.717, 1.165) is 12.8 Å².